The van der Waals surface area contributed by atoms with E-state index >= 15 is 0 Å². The minimum atomic E-state index is -0.419. The van der Waals surface area contributed by atoms with Crippen LogP contribution in [0.5, 0.6) is 17.2 Å². The van der Waals surface area contributed by atoms with Crippen LogP contribution in [0.1, 0.15) is 35.4 Å². The number of nitrogens with zero attached hydrogens (tertiary/aromatic N) is 2. The van der Waals surface area contributed by atoms with Crippen LogP contribution in [0.25, 0.3) is 0 Å². The SMILES string of the molecule is COc1ccc(C2=NN3[C@H](C2)c2cc(Cl)cc(Cl)c2O[C@@H]3c2ccc(OC)cc2)cc1. The number of hydrogen-bond acceptors (Lipinski definition) is 5. The van der Waals surface area contributed by atoms with Crippen molar-refractivity contribution < 1.29 is 14.2 Å². The standard InChI is InChI=1S/C24H20Cl2N2O3/c1-29-17-7-3-14(4-8-17)21-13-22-19-11-16(25)12-20(26)23(19)31-24(28(22)27-21)15-5-9-18(30-2)10-6-15/h3-12,22,24H,13H2,1-2H3/t22-,24-/m1/s1. The van der Waals surface area contributed by atoms with Gasteiger partial charge in [0.15, 0.2) is 0 Å². The van der Waals surface area contributed by atoms with Crippen LogP contribution < -0.4 is 14.2 Å². The summed E-state index contributed by atoms with van der Waals surface area (Å²) < 4.78 is 17.0. The average molecular weight is 455 g/mol. The van der Waals surface area contributed by atoms with Crippen molar-refractivity contribution in [2.45, 2.75) is 18.7 Å². The Bertz CT molecular complexity index is 1150. The number of ether oxygens (including phenoxy) is 3. The molecule has 5 nitrogen and oxygen atoms in total. The summed E-state index contributed by atoms with van der Waals surface area (Å²) in [7, 11) is 3.30. The summed E-state index contributed by atoms with van der Waals surface area (Å²) in [6, 6.07) is 19.3. The van der Waals surface area contributed by atoms with Gasteiger partial charge in [-0.15, -0.1) is 0 Å². The summed E-state index contributed by atoms with van der Waals surface area (Å²) in [6.45, 7) is 0. The van der Waals surface area contributed by atoms with E-state index in [1.54, 1.807) is 20.3 Å². The predicted molar refractivity (Wildman–Crippen MR) is 122 cm³/mol. The number of benzene rings is 3. The van der Waals surface area contributed by atoms with Gasteiger partial charge >= 0.3 is 0 Å². The quantitative estimate of drug-likeness (QED) is 0.466. The lowest BCUT2D eigenvalue weighted by Gasteiger charge is -2.38. The van der Waals surface area contributed by atoms with E-state index in [0.717, 1.165) is 33.9 Å². The molecule has 0 spiro atoms. The minimum Gasteiger partial charge on any atom is -0.497 e. The highest BCUT2D eigenvalue weighted by molar-refractivity contribution is 6.35. The van der Waals surface area contributed by atoms with Gasteiger partial charge in [0.1, 0.15) is 17.2 Å². The molecule has 0 N–H and O–H groups in total. The van der Waals surface area contributed by atoms with Crippen LogP contribution in [0.15, 0.2) is 65.8 Å². The average Bonchev–Trinajstić information content (AvgIpc) is 3.25. The molecule has 2 atom stereocenters. The summed E-state index contributed by atoms with van der Waals surface area (Å²) in [4.78, 5) is 0. The Morgan fingerprint density at radius 2 is 1.58 bits per heavy atom. The van der Waals surface area contributed by atoms with Gasteiger partial charge in [0.2, 0.25) is 6.23 Å². The lowest BCUT2D eigenvalue weighted by Crippen LogP contribution is -2.33. The Hall–Kier alpha value is -2.89. The van der Waals surface area contributed by atoms with Crippen LogP contribution in [0.2, 0.25) is 10.0 Å². The number of fused-ring (bicyclic) bond motifs is 3. The first-order chi connectivity index (χ1) is 15.1. The summed E-state index contributed by atoms with van der Waals surface area (Å²) >= 11 is 12.8. The van der Waals surface area contributed by atoms with Crippen LogP contribution in [-0.2, 0) is 0 Å². The maximum Gasteiger partial charge on any atom is 0.213 e. The Morgan fingerprint density at radius 1 is 0.935 bits per heavy atom. The Kier molecular flexibility index (Phi) is 5.16. The van der Waals surface area contributed by atoms with Gasteiger partial charge in [0.05, 0.1) is 31.0 Å². The first kappa shape index (κ1) is 20.0. The van der Waals surface area contributed by atoms with E-state index in [0.29, 0.717) is 22.2 Å². The fourth-order valence-corrected chi connectivity index (χ4v) is 4.61. The normalized spacial score (nSPS) is 19.2. The van der Waals surface area contributed by atoms with Crippen molar-refractivity contribution in [3.05, 3.63) is 87.4 Å². The first-order valence-electron chi connectivity index (χ1n) is 9.87. The van der Waals surface area contributed by atoms with Gasteiger partial charge in [-0.1, -0.05) is 23.2 Å². The van der Waals surface area contributed by atoms with Crippen LogP contribution in [-0.4, -0.2) is 24.9 Å². The molecule has 0 unspecified atom stereocenters. The zero-order valence-electron chi connectivity index (χ0n) is 17.0. The van der Waals surface area contributed by atoms with Crippen LogP contribution in [0, 0.1) is 0 Å². The van der Waals surface area contributed by atoms with Gasteiger partial charge in [-0.2, -0.15) is 5.10 Å². The van der Waals surface area contributed by atoms with Crippen LogP contribution in [0.4, 0.5) is 0 Å². The van der Waals surface area contributed by atoms with Crippen molar-refractivity contribution in [3.8, 4) is 17.2 Å². The van der Waals surface area contributed by atoms with E-state index in [9.17, 15) is 0 Å². The van der Waals surface area contributed by atoms with E-state index in [1.165, 1.54) is 0 Å². The lowest BCUT2D eigenvalue weighted by atomic mass is 9.96. The van der Waals surface area contributed by atoms with Gasteiger partial charge in [-0.25, -0.2) is 5.01 Å². The van der Waals surface area contributed by atoms with Crippen molar-refractivity contribution in [2.75, 3.05) is 14.2 Å². The maximum atomic E-state index is 6.53. The minimum absolute atomic E-state index is 0.0378. The lowest BCUT2D eigenvalue weighted by molar-refractivity contribution is -0.0189. The van der Waals surface area contributed by atoms with Gasteiger partial charge in [0, 0.05) is 22.6 Å². The third-order valence-corrected chi connectivity index (χ3v) is 6.13. The Balaban J connectivity index is 1.58. The molecule has 0 fully saturated rings. The number of hydrogen-bond donors (Lipinski definition) is 0. The van der Waals surface area contributed by atoms with Gasteiger partial charge in [-0.05, 0) is 66.2 Å². The molecular formula is C24H20Cl2N2O3. The first-order valence-corrected chi connectivity index (χ1v) is 10.6. The van der Waals surface area contributed by atoms with Crippen molar-refractivity contribution in [3.63, 3.8) is 0 Å². The molecule has 5 rings (SSSR count). The summed E-state index contributed by atoms with van der Waals surface area (Å²) in [5, 5.41) is 8.03. The molecule has 0 saturated heterocycles. The van der Waals surface area contributed by atoms with E-state index < -0.39 is 6.23 Å². The van der Waals surface area contributed by atoms with E-state index in [4.69, 9.17) is 42.5 Å². The van der Waals surface area contributed by atoms with Crippen LogP contribution >= 0.6 is 23.2 Å². The summed E-state index contributed by atoms with van der Waals surface area (Å²) in [5.41, 5.74) is 3.91. The van der Waals surface area contributed by atoms with Crippen molar-refractivity contribution in [1.29, 1.82) is 0 Å². The van der Waals surface area contributed by atoms with Gasteiger partial charge < -0.3 is 14.2 Å². The second kappa shape index (κ2) is 7.98. The molecule has 7 heteroatoms. The van der Waals surface area contributed by atoms with Crippen molar-refractivity contribution in [1.82, 2.24) is 5.01 Å². The zero-order chi connectivity index (χ0) is 21.5. The molecule has 2 aliphatic rings. The third-order valence-electron chi connectivity index (χ3n) is 5.63. The predicted octanol–water partition coefficient (Wildman–Crippen LogP) is 6.25. The topological polar surface area (TPSA) is 43.3 Å². The molecule has 158 valence electrons. The summed E-state index contributed by atoms with van der Waals surface area (Å²) in [5.74, 6) is 2.24. The highest BCUT2D eigenvalue weighted by atomic mass is 35.5. The largest absolute Gasteiger partial charge is 0.497 e. The number of rotatable bonds is 4. The highest BCUT2D eigenvalue weighted by Crippen LogP contribution is 2.50. The molecule has 2 heterocycles. The second-order valence-electron chi connectivity index (χ2n) is 7.42. The monoisotopic (exact) mass is 454 g/mol. The fraction of sp³-hybridized carbons (Fsp3) is 0.208. The molecule has 3 aromatic rings. The van der Waals surface area contributed by atoms with Crippen molar-refractivity contribution in [2.24, 2.45) is 5.10 Å². The maximum absolute atomic E-state index is 6.53. The van der Waals surface area contributed by atoms with Gasteiger partial charge in [0.25, 0.3) is 0 Å². The van der Waals surface area contributed by atoms with E-state index in [-0.39, 0.29) is 6.04 Å². The smallest absolute Gasteiger partial charge is 0.213 e. The molecule has 0 bridgehead atoms. The molecule has 0 saturated carbocycles. The molecule has 3 aromatic carbocycles. The molecule has 31 heavy (non-hydrogen) atoms. The zero-order valence-corrected chi connectivity index (χ0v) is 18.5. The van der Waals surface area contributed by atoms with Gasteiger partial charge in [-0.3, -0.25) is 0 Å². The third kappa shape index (κ3) is 3.58. The summed E-state index contributed by atoms with van der Waals surface area (Å²) in [6.07, 6.45) is 0.296. The molecular weight excluding hydrogens is 435 g/mol. The van der Waals surface area contributed by atoms with Crippen LogP contribution in [0.3, 0.4) is 0 Å². The Morgan fingerprint density at radius 3 is 2.23 bits per heavy atom. The van der Waals surface area contributed by atoms with Crippen molar-refractivity contribution >= 4 is 28.9 Å². The molecule has 0 aromatic heterocycles. The Labute approximate surface area is 190 Å². The number of halogens is 2. The number of hydrazone groups is 1. The fourth-order valence-electron chi connectivity index (χ4n) is 4.06. The highest BCUT2D eigenvalue weighted by Gasteiger charge is 2.42. The second-order valence-corrected chi connectivity index (χ2v) is 8.27. The van der Waals surface area contributed by atoms with E-state index in [1.807, 2.05) is 59.6 Å². The molecule has 0 aliphatic carbocycles. The number of methoxy groups -OCH3 is 2. The van der Waals surface area contributed by atoms with E-state index in [2.05, 4.69) is 0 Å². The molecule has 0 amide bonds. The molecule has 0 radical (unpaired) electrons. The molecule has 2 aliphatic heterocycles.